The van der Waals surface area contributed by atoms with Gasteiger partial charge in [0.05, 0.1) is 12.1 Å². The van der Waals surface area contributed by atoms with Crippen LogP contribution < -0.4 is 0 Å². The molecule has 0 bridgehead atoms. The molecule has 0 unspecified atom stereocenters. The fraction of sp³-hybridized carbons (Fsp3) is 0.600. The number of hydrogen-bond acceptors (Lipinski definition) is 4. The maximum Gasteiger partial charge on any atom is 0.307 e. The van der Waals surface area contributed by atoms with Gasteiger partial charge in [0.1, 0.15) is 0 Å². The number of carboxylic acid groups (broad SMARTS) is 1. The first-order valence-corrected chi connectivity index (χ1v) is 7.08. The molecule has 0 radical (unpaired) electrons. The van der Waals surface area contributed by atoms with Crippen molar-refractivity contribution >= 4 is 16.0 Å². The lowest BCUT2D eigenvalue weighted by molar-refractivity contribution is -0.142. The largest absolute Gasteiger partial charge is 0.481 e. The van der Waals surface area contributed by atoms with Gasteiger partial charge in [0.25, 0.3) is 10.0 Å². The monoisotopic (exact) mass is 273 g/mol. The molecule has 1 fully saturated rings. The van der Waals surface area contributed by atoms with Crippen molar-refractivity contribution in [3.63, 3.8) is 0 Å². The quantitative estimate of drug-likeness (QED) is 0.830. The zero-order chi connectivity index (χ0) is 13.3. The molecule has 7 nitrogen and oxygen atoms in total. The van der Waals surface area contributed by atoms with Crippen molar-refractivity contribution in [2.24, 2.45) is 13.0 Å². The lowest BCUT2D eigenvalue weighted by Crippen LogP contribution is -2.42. The van der Waals surface area contributed by atoms with Crippen molar-refractivity contribution in [1.29, 1.82) is 0 Å². The molecule has 18 heavy (non-hydrogen) atoms. The molecular weight excluding hydrogens is 258 g/mol. The van der Waals surface area contributed by atoms with Crippen LogP contribution in [0.4, 0.5) is 0 Å². The molecule has 0 saturated carbocycles. The molecule has 1 aromatic heterocycles. The molecule has 0 spiro atoms. The van der Waals surface area contributed by atoms with E-state index < -0.39 is 21.9 Å². The molecule has 1 atom stereocenters. The molecule has 0 amide bonds. The number of sulfonamides is 1. The number of piperidine rings is 1. The molecule has 2 rings (SSSR count). The summed E-state index contributed by atoms with van der Waals surface area (Å²) in [5, 5.41) is 12.9. The first-order chi connectivity index (χ1) is 8.43. The smallest absolute Gasteiger partial charge is 0.307 e. The molecule has 1 N–H and O–H groups in total. The van der Waals surface area contributed by atoms with Gasteiger partial charge in [0.2, 0.25) is 0 Å². The van der Waals surface area contributed by atoms with Gasteiger partial charge in [-0.2, -0.15) is 9.40 Å². The van der Waals surface area contributed by atoms with Crippen LogP contribution in [0.25, 0.3) is 0 Å². The summed E-state index contributed by atoms with van der Waals surface area (Å²) in [6.07, 6.45) is 2.49. The van der Waals surface area contributed by atoms with Gasteiger partial charge in [0, 0.05) is 20.1 Å². The summed E-state index contributed by atoms with van der Waals surface area (Å²) in [7, 11) is -2.10. The third-order valence-corrected chi connectivity index (χ3v) is 5.05. The van der Waals surface area contributed by atoms with Gasteiger partial charge < -0.3 is 5.11 Å². The van der Waals surface area contributed by atoms with Crippen molar-refractivity contribution in [2.75, 3.05) is 13.1 Å². The van der Waals surface area contributed by atoms with Gasteiger partial charge in [-0.15, -0.1) is 0 Å². The zero-order valence-electron chi connectivity index (χ0n) is 9.98. The number of carboxylic acids is 1. The van der Waals surface area contributed by atoms with Crippen LogP contribution in [0.3, 0.4) is 0 Å². The normalized spacial score (nSPS) is 21.9. The highest BCUT2D eigenvalue weighted by Crippen LogP contribution is 2.23. The van der Waals surface area contributed by atoms with E-state index in [1.807, 2.05) is 0 Å². The van der Waals surface area contributed by atoms with Crippen LogP contribution in [-0.2, 0) is 21.9 Å². The van der Waals surface area contributed by atoms with Crippen LogP contribution in [0.5, 0.6) is 0 Å². The zero-order valence-corrected chi connectivity index (χ0v) is 10.8. The van der Waals surface area contributed by atoms with Gasteiger partial charge in [-0.1, -0.05) is 0 Å². The van der Waals surface area contributed by atoms with Crippen LogP contribution in [0.15, 0.2) is 17.3 Å². The third kappa shape index (κ3) is 2.25. The summed E-state index contributed by atoms with van der Waals surface area (Å²) in [6.45, 7) is 0.389. The highest BCUT2D eigenvalue weighted by Gasteiger charge is 2.34. The number of aliphatic carboxylic acids is 1. The summed E-state index contributed by atoms with van der Waals surface area (Å²) < 4.78 is 27.1. The topological polar surface area (TPSA) is 92.5 Å². The molecule has 0 aromatic carbocycles. The Morgan fingerprint density at radius 1 is 1.56 bits per heavy atom. The van der Waals surface area contributed by atoms with E-state index in [0.717, 1.165) is 0 Å². The average Bonchev–Trinajstić information content (AvgIpc) is 2.76. The Hall–Kier alpha value is -1.41. The molecule has 2 heterocycles. The first kappa shape index (κ1) is 13.0. The second-order valence-corrected chi connectivity index (χ2v) is 6.22. The Morgan fingerprint density at radius 2 is 2.28 bits per heavy atom. The van der Waals surface area contributed by atoms with E-state index >= 15 is 0 Å². The molecule has 8 heteroatoms. The standard InChI is InChI=1S/C10H15N3O4S/c1-12-9(4-5-11-12)18(16,17)13-6-2-3-8(7-13)10(14)15/h4-5,8H,2-3,6-7H2,1H3,(H,14,15)/t8-/m1/s1. The van der Waals surface area contributed by atoms with Crippen LogP contribution in [0.2, 0.25) is 0 Å². The lowest BCUT2D eigenvalue weighted by Gasteiger charge is -2.29. The van der Waals surface area contributed by atoms with Crippen LogP contribution in [-0.4, -0.2) is 46.7 Å². The van der Waals surface area contributed by atoms with Crippen molar-refractivity contribution in [2.45, 2.75) is 17.9 Å². The Kier molecular flexibility index (Phi) is 3.40. The van der Waals surface area contributed by atoms with E-state index in [2.05, 4.69) is 5.10 Å². The van der Waals surface area contributed by atoms with Gasteiger partial charge in [0.15, 0.2) is 5.03 Å². The van der Waals surface area contributed by atoms with Crippen LogP contribution in [0, 0.1) is 5.92 Å². The molecule has 1 aliphatic heterocycles. The highest BCUT2D eigenvalue weighted by molar-refractivity contribution is 7.89. The fourth-order valence-corrected chi connectivity index (χ4v) is 3.73. The van der Waals surface area contributed by atoms with Crippen molar-refractivity contribution < 1.29 is 18.3 Å². The van der Waals surface area contributed by atoms with Crippen molar-refractivity contribution in [1.82, 2.24) is 14.1 Å². The Balaban J connectivity index is 2.26. The highest BCUT2D eigenvalue weighted by atomic mass is 32.2. The van der Waals surface area contributed by atoms with Crippen LogP contribution >= 0.6 is 0 Å². The molecular formula is C10H15N3O4S. The van der Waals surface area contributed by atoms with E-state index in [1.165, 1.54) is 21.3 Å². The third-order valence-electron chi connectivity index (χ3n) is 3.11. The van der Waals surface area contributed by atoms with Gasteiger partial charge >= 0.3 is 5.97 Å². The van der Waals surface area contributed by atoms with E-state index in [0.29, 0.717) is 19.4 Å². The molecule has 1 aliphatic rings. The number of aryl methyl sites for hydroxylation is 1. The lowest BCUT2D eigenvalue weighted by atomic mass is 10.0. The second-order valence-electron chi connectivity index (χ2n) is 4.33. The minimum absolute atomic E-state index is 0.0306. The fourth-order valence-electron chi connectivity index (χ4n) is 2.11. The summed E-state index contributed by atoms with van der Waals surface area (Å²) in [4.78, 5) is 10.9. The Bertz CT molecular complexity index is 551. The summed E-state index contributed by atoms with van der Waals surface area (Å²) in [5.41, 5.74) is 0. The van der Waals surface area contributed by atoms with E-state index in [4.69, 9.17) is 5.11 Å². The number of hydrogen-bond donors (Lipinski definition) is 1. The minimum atomic E-state index is -3.65. The number of rotatable bonds is 3. The van der Waals surface area contributed by atoms with Crippen molar-refractivity contribution in [3.8, 4) is 0 Å². The molecule has 1 saturated heterocycles. The number of nitrogens with zero attached hydrogens (tertiary/aromatic N) is 3. The van der Waals surface area contributed by atoms with Crippen molar-refractivity contribution in [3.05, 3.63) is 12.3 Å². The average molecular weight is 273 g/mol. The first-order valence-electron chi connectivity index (χ1n) is 5.64. The maximum absolute atomic E-state index is 12.3. The molecule has 100 valence electrons. The SMILES string of the molecule is Cn1nccc1S(=O)(=O)N1CCC[C@@H](C(=O)O)C1. The predicted octanol–water partition coefficient (Wildman–Crippen LogP) is -0.0946. The summed E-state index contributed by atoms with van der Waals surface area (Å²) in [5.74, 6) is -1.57. The predicted molar refractivity (Wildman–Crippen MR) is 62.3 cm³/mol. The maximum atomic E-state index is 12.3. The Labute approximate surface area is 105 Å². The number of aromatic nitrogens is 2. The second kappa shape index (κ2) is 4.69. The molecule has 0 aliphatic carbocycles. The summed E-state index contributed by atoms with van der Waals surface area (Å²) >= 11 is 0. The number of carbonyl (C=O) groups is 1. The molecule has 1 aromatic rings. The van der Waals surface area contributed by atoms with Crippen LogP contribution in [0.1, 0.15) is 12.8 Å². The van der Waals surface area contributed by atoms with Gasteiger partial charge in [-0.05, 0) is 18.9 Å². The van der Waals surface area contributed by atoms with E-state index in [9.17, 15) is 13.2 Å². The van der Waals surface area contributed by atoms with E-state index in [1.54, 1.807) is 7.05 Å². The van der Waals surface area contributed by atoms with Gasteiger partial charge in [-0.3, -0.25) is 9.48 Å². The minimum Gasteiger partial charge on any atom is -0.481 e. The van der Waals surface area contributed by atoms with Gasteiger partial charge in [-0.25, -0.2) is 8.42 Å². The van der Waals surface area contributed by atoms with E-state index in [-0.39, 0.29) is 11.6 Å². The summed E-state index contributed by atoms with van der Waals surface area (Å²) in [6, 6.07) is 1.42. The Morgan fingerprint density at radius 3 is 2.83 bits per heavy atom.